The van der Waals surface area contributed by atoms with E-state index in [1.165, 1.54) is 0 Å². The zero-order valence-electron chi connectivity index (χ0n) is 15.3. The maximum atomic E-state index is 12.7. The van der Waals surface area contributed by atoms with Crippen molar-refractivity contribution in [3.8, 4) is 0 Å². The van der Waals surface area contributed by atoms with E-state index in [2.05, 4.69) is 9.97 Å². The van der Waals surface area contributed by atoms with Gasteiger partial charge in [0.05, 0.1) is 6.54 Å². The van der Waals surface area contributed by atoms with Crippen LogP contribution in [0.1, 0.15) is 29.0 Å². The molecule has 0 radical (unpaired) electrons. The van der Waals surface area contributed by atoms with Crippen molar-refractivity contribution in [1.29, 1.82) is 0 Å². The topological polar surface area (TPSA) is 71.3 Å². The molecule has 1 saturated heterocycles. The summed E-state index contributed by atoms with van der Waals surface area (Å²) in [6, 6.07) is 3.89. The first-order valence-electron chi connectivity index (χ1n) is 8.91. The van der Waals surface area contributed by atoms with Crippen LogP contribution in [0.2, 0.25) is 0 Å². The van der Waals surface area contributed by atoms with Gasteiger partial charge in [0, 0.05) is 57.4 Å². The van der Waals surface area contributed by atoms with Gasteiger partial charge in [0.1, 0.15) is 0 Å². The molecule has 0 saturated carbocycles. The molecular weight excluding hydrogens is 330 g/mol. The smallest absolute Gasteiger partial charge is 0.236 e. The van der Waals surface area contributed by atoms with Crippen molar-refractivity contribution in [3.63, 3.8) is 0 Å². The van der Waals surface area contributed by atoms with E-state index in [1.54, 1.807) is 23.2 Å². The van der Waals surface area contributed by atoms with Crippen molar-refractivity contribution < 1.29 is 9.59 Å². The second-order valence-electron chi connectivity index (χ2n) is 6.94. The molecule has 2 aromatic heterocycles. The quantitative estimate of drug-likeness (QED) is 0.732. The van der Waals surface area contributed by atoms with Crippen molar-refractivity contribution in [1.82, 2.24) is 24.3 Å². The van der Waals surface area contributed by atoms with Crippen molar-refractivity contribution in [2.45, 2.75) is 19.4 Å². The lowest BCUT2D eigenvalue weighted by atomic mass is 9.93. The van der Waals surface area contributed by atoms with E-state index in [0.717, 1.165) is 18.4 Å². The predicted molar refractivity (Wildman–Crippen MR) is 97.4 cm³/mol. The van der Waals surface area contributed by atoms with E-state index in [4.69, 9.17) is 0 Å². The number of pyridine rings is 1. The van der Waals surface area contributed by atoms with Crippen LogP contribution in [0.3, 0.4) is 0 Å². The molecule has 7 nitrogen and oxygen atoms in total. The third kappa shape index (κ3) is 4.35. The van der Waals surface area contributed by atoms with Gasteiger partial charge in [-0.2, -0.15) is 0 Å². The molecule has 0 spiro atoms. The highest BCUT2D eigenvalue weighted by Gasteiger charge is 2.30. The highest BCUT2D eigenvalue weighted by Crippen LogP contribution is 2.20. The number of Topliss-reactive ketones (excluding diaryl/α,β-unsaturated/α-hetero) is 1. The molecule has 7 heteroatoms. The second-order valence-corrected chi connectivity index (χ2v) is 6.94. The number of likely N-dealkylation sites (N-methyl/N-ethyl adjacent to an activating group) is 1. The van der Waals surface area contributed by atoms with Gasteiger partial charge in [-0.15, -0.1) is 0 Å². The largest absolute Gasteiger partial charge is 0.341 e. The van der Waals surface area contributed by atoms with E-state index in [1.807, 2.05) is 42.2 Å². The Bertz CT molecular complexity index is 758. The normalized spacial score (nSPS) is 17.5. The minimum Gasteiger partial charge on any atom is -0.341 e. The number of rotatable bonds is 6. The molecule has 0 aliphatic carbocycles. The Balaban J connectivity index is 1.56. The summed E-state index contributed by atoms with van der Waals surface area (Å²) in [5.41, 5.74) is 1.07. The molecule has 1 aliphatic heterocycles. The van der Waals surface area contributed by atoms with E-state index < -0.39 is 0 Å². The lowest BCUT2D eigenvalue weighted by molar-refractivity contribution is -0.133. The molecule has 1 unspecified atom stereocenters. The number of hydrogen-bond donors (Lipinski definition) is 0. The molecule has 3 heterocycles. The third-order valence-corrected chi connectivity index (χ3v) is 4.77. The fourth-order valence-electron chi connectivity index (χ4n) is 3.39. The number of aryl methyl sites for hydroxylation is 1. The fraction of sp³-hybridized carbons (Fsp3) is 0.474. The maximum absolute atomic E-state index is 12.7. The van der Waals surface area contributed by atoms with E-state index in [9.17, 15) is 9.59 Å². The minimum absolute atomic E-state index is 0.0266. The van der Waals surface area contributed by atoms with Crippen LogP contribution in [0.25, 0.3) is 0 Å². The lowest BCUT2D eigenvalue weighted by Crippen LogP contribution is -2.46. The van der Waals surface area contributed by atoms with Crippen LogP contribution in [0, 0.1) is 5.92 Å². The summed E-state index contributed by atoms with van der Waals surface area (Å²) in [5.74, 6) is 0.392. The van der Waals surface area contributed by atoms with Gasteiger partial charge in [-0.05, 0) is 31.5 Å². The number of nitrogens with zero attached hydrogens (tertiary/aromatic N) is 5. The molecule has 0 aromatic carbocycles. The Morgan fingerprint density at radius 2 is 2.19 bits per heavy atom. The van der Waals surface area contributed by atoms with E-state index in [-0.39, 0.29) is 17.6 Å². The van der Waals surface area contributed by atoms with Crippen molar-refractivity contribution in [3.05, 3.63) is 48.3 Å². The van der Waals surface area contributed by atoms with Crippen LogP contribution in [-0.4, -0.2) is 62.7 Å². The van der Waals surface area contributed by atoms with Crippen LogP contribution in [0.15, 0.2) is 36.9 Å². The molecule has 2 aromatic rings. The van der Waals surface area contributed by atoms with Gasteiger partial charge in [0.15, 0.2) is 5.82 Å². The molecule has 138 valence electrons. The molecule has 0 N–H and O–H groups in total. The van der Waals surface area contributed by atoms with Crippen LogP contribution in [-0.2, 0) is 18.4 Å². The Morgan fingerprint density at radius 1 is 1.35 bits per heavy atom. The number of ketones is 1. The summed E-state index contributed by atoms with van der Waals surface area (Å²) < 4.78 is 1.74. The zero-order valence-corrected chi connectivity index (χ0v) is 15.3. The van der Waals surface area contributed by atoms with Gasteiger partial charge in [-0.3, -0.25) is 19.5 Å². The molecule has 3 rings (SSSR count). The minimum atomic E-state index is -0.169. The van der Waals surface area contributed by atoms with E-state index in [0.29, 0.717) is 32.0 Å². The number of piperidine rings is 1. The van der Waals surface area contributed by atoms with Crippen LogP contribution in [0.5, 0.6) is 0 Å². The number of imidazole rings is 1. The maximum Gasteiger partial charge on any atom is 0.236 e. The molecule has 1 aliphatic rings. The van der Waals surface area contributed by atoms with Gasteiger partial charge in [-0.1, -0.05) is 6.07 Å². The Morgan fingerprint density at radius 3 is 2.88 bits per heavy atom. The number of amides is 1. The number of aromatic nitrogens is 3. The van der Waals surface area contributed by atoms with Gasteiger partial charge in [0.2, 0.25) is 11.7 Å². The first-order valence-corrected chi connectivity index (χ1v) is 8.91. The van der Waals surface area contributed by atoms with Gasteiger partial charge in [0.25, 0.3) is 0 Å². The molecule has 1 atom stereocenters. The summed E-state index contributed by atoms with van der Waals surface area (Å²) in [7, 11) is 3.74. The Labute approximate surface area is 153 Å². The van der Waals surface area contributed by atoms with Gasteiger partial charge >= 0.3 is 0 Å². The number of hydrogen-bond acceptors (Lipinski definition) is 5. The van der Waals surface area contributed by atoms with Crippen molar-refractivity contribution >= 4 is 11.7 Å². The fourth-order valence-corrected chi connectivity index (χ4v) is 3.39. The Hall–Kier alpha value is -2.54. The molecule has 1 amide bonds. The summed E-state index contributed by atoms with van der Waals surface area (Å²) in [5, 5.41) is 0. The number of likely N-dealkylation sites (tertiary alicyclic amines) is 1. The number of carbonyl (C=O) groups is 2. The monoisotopic (exact) mass is 355 g/mol. The van der Waals surface area contributed by atoms with Gasteiger partial charge < -0.3 is 9.47 Å². The van der Waals surface area contributed by atoms with Gasteiger partial charge in [-0.25, -0.2) is 4.98 Å². The summed E-state index contributed by atoms with van der Waals surface area (Å²) in [4.78, 5) is 37.4. The first-order chi connectivity index (χ1) is 12.5. The summed E-state index contributed by atoms with van der Waals surface area (Å²) >= 11 is 0. The SMILES string of the molecule is CN(CC(=O)N1CCCC(C(=O)c2nccn2C)C1)Cc1cccnc1. The van der Waals surface area contributed by atoms with Crippen LogP contribution in [0.4, 0.5) is 0 Å². The zero-order chi connectivity index (χ0) is 18.5. The number of carbonyl (C=O) groups excluding carboxylic acids is 2. The molecule has 0 bridgehead atoms. The van der Waals surface area contributed by atoms with Crippen LogP contribution < -0.4 is 0 Å². The standard InChI is InChI=1S/C19H25N5O2/c1-22(12-15-5-3-7-20-11-15)14-17(25)24-9-4-6-16(13-24)18(26)19-21-8-10-23(19)2/h3,5,7-8,10-11,16H,4,6,9,12-14H2,1-2H3. The predicted octanol–water partition coefficient (Wildman–Crippen LogP) is 1.37. The lowest BCUT2D eigenvalue weighted by Gasteiger charge is -2.33. The third-order valence-electron chi connectivity index (χ3n) is 4.77. The van der Waals surface area contributed by atoms with Crippen molar-refractivity contribution in [2.75, 3.05) is 26.7 Å². The average Bonchev–Trinajstić information content (AvgIpc) is 3.08. The average molecular weight is 355 g/mol. The molecule has 26 heavy (non-hydrogen) atoms. The highest BCUT2D eigenvalue weighted by atomic mass is 16.2. The highest BCUT2D eigenvalue weighted by molar-refractivity contribution is 5.95. The second kappa shape index (κ2) is 8.23. The van der Waals surface area contributed by atoms with Crippen LogP contribution >= 0.6 is 0 Å². The summed E-state index contributed by atoms with van der Waals surface area (Å²) in [6.07, 6.45) is 8.60. The Kier molecular flexibility index (Phi) is 5.78. The molecular formula is C19H25N5O2. The summed E-state index contributed by atoms with van der Waals surface area (Å²) in [6.45, 7) is 2.19. The molecule has 1 fully saturated rings. The van der Waals surface area contributed by atoms with E-state index >= 15 is 0 Å². The first kappa shape index (κ1) is 18.3. The van der Waals surface area contributed by atoms with Crippen molar-refractivity contribution in [2.24, 2.45) is 13.0 Å².